The molecule has 0 aliphatic carbocycles. The van der Waals surface area contributed by atoms with Gasteiger partial charge in [0.1, 0.15) is 11.5 Å². The van der Waals surface area contributed by atoms with E-state index in [1.165, 1.54) is 28.4 Å². The van der Waals surface area contributed by atoms with Crippen molar-refractivity contribution in [1.29, 1.82) is 0 Å². The number of pyridine rings is 1. The van der Waals surface area contributed by atoms with Crippen LogP contribution < -0.4 is 4.87 Å². The zero-order valence-corrected chi connectivity index (χ0v) is 20.7. The minimum atomic E-state index is -4.56. The molecule has 1 aromatic carbocycles. The predicted octanol–water partition coefficient (Wildman–Crippen LogP) is 5.65. The summed E-state index contributed by atoms with van der Waals surface area (Å²) in [7, 11) is 1.46. The minimum absolute atomic E-state index is 0.0745. The molecule has 190 valence electrons. The van der Waals surface area contributed by atoms with Gasteiger partial charge >= 0.3 is 11.0 Å². The van der Waals surface area contributed by atoms with Crippen LogP contribution in [0.1, 0.15) is 36.6 Å². The Balaban J connectivity index is 1.49. The maximum atomic E-state index is 14.5. The first-order valence-corrected chi connectivity index (χ1v) is 12.1. The number of halogens is 4. The molecule has 0 N–H and O–H groups in total. The molecule has 5 rings (SSSR count). The van der Waals surface area contributed by atoms with E-state index in [1.54, 1.807) is 30.5 Å². The third kappa shape index (κ3) is 4.64. The molecule has 7 nitrogen and oxygen atoms in total. The third-order valence-corrected chi connectivity index (χ3v) is 6.75. The van der Waals surface area contributed by atoms with Crippen molar-refractivity contribution in [2.75, 3.05) is 0 Å². The number of hydrogen-bond donors (Lipinski definition) is 0. The molecule has 0 fully saturated rings. The van der Waals surface area contributed by atoms with Crippen LogP contribution in [0.5, 0.6) is 0 Å². The van der Waals surface area contributed by atoms with Gasteiger partial charge in [-0.15, -0.1) is 0 Å². The number of rotatable bonds is 5. The molecule has 0 amide bonds. The van der Waals surface area contributed by atoms with Crippen molar-refractivity contribution < 1.29 is 17.6 Å². The van der Waals surface area contributed by atoms with Gasteiger partial charge in [-0.05, 0) is 23.6 Å². The molecule has 0 unspecified atom stereocenters. The first-order chi connectivity index (χ1) is 17.5. The molecule has 0 radical (unpaired) electrons. The summed E-state index contributed by atoms with van der Waals surface area (Å²) in [5.41, 5.74) is 1.37. The van der Waals surface area contributed by atoms with E-state index < -0.39 is 11.9 Å². The first-order valence-electron chi connectivity index (χ1n) is 11.2. The van der Waals surface area contributed by atoms with Crippen molar-refractivity contribution in [2.45, 2.75) is 32.5 Å². The van der Waals surface area contributed by atoms with Crippen molar-refractivity contribution in [2.24, 2.45) is 7.05 Å². The number of alkyl halides is 3. The van der Waals surface area contributed by atoms with Gasteiger partial charge in [-0.1, -0.05) is 43.4 Å². The van der Waals surface area contributed by atoms with E-state index >= 15 is 0 Å². The van der Waals surface area contributed by atoms with E-state index in [-0.39, 0.29) is 34.7 Å². The van der Waals surface area contributed by atoms with E-state index in [2.05, 4.69) is 19.9 Å². The first kappa shape index (κ1) is 24.8. The molecule has 0 saturated carbocycles. The quantitative estimate of drug-likeness (QED) is 0.276. The highest BCUT2D eigenvalue weighted by Crippen LogP contribution is 2.31. The Morgan fingerprint density at radius 2 is 1.84 bits per heavy atom. The summed E-state index contributed by atoms with van der Waals surface area (Å²) in [6.45, 7) is 3.90. The van der Waals surface area contributed by atoms with E-state index in [4.69, 9.17) is 0 Å². The van der Waals surface area contributed by atoms with E-state index in [0.29, 0.717) is 32.9 Å². The Morgan fingerprint density at radius 3 is 2.49 bits per heavy atom. The fraction of sp³-hybridized carbons (Fsp3) is 0.240. The average Bonchev–Trinajstić information content (AvgIpc) is 3.38. The number of aromatic nitrogens is 6. The van der Waals surface area contributed by atoms with Crippen LogP contribution in [0.3, 0.4) is 0 Å². The normalized spacial score (nSPS) is 12.1. The lowest BCUT2D eigenvalue weighted by molar-refractivity contribution is -0.140. The SMILES string of the molecule is CC(C)c1c(F)cccc1-c1ncc2sc(=O)n(Cc3ccc(-c4nc(C(F)(F)F)cn4C)nc3)c2n1. The van der Waals surface area contributed by atoms with Gasteiger partial charge in [0.15, 0.2) is 23.0 Å². The van der Waals surface area contributed by atoms with Crippen LogP contribution in [0.4, 0.5) is 17.6 Å². The zero-order valence-electron chi connectivity index (χ0n) is 19.9. The van der Waals surface area contributed by atoms with Gasteiger partial charge in [0.25, 0.3) is 0 Å². The molecule has 37 heavy (non-hydrogen) atoms. The third-order valence-electron chi connectivity index (χ3n) is 5.84. The van der Waals surface area contributed by atoms with E-state index in [9.17, 15) is 22.4 Å². The molecule has 0 bridgehead atoms. The number of nitrogens with zero attached hydrogens (tertiary/aromatic N) is 6. The summed E-state index contributed by atoms with van der Waals surface area (Å²) in [5.74, 6) is -0.0627. The summed E-state index contributed by atoms with van der Waals surface area (Å²) < 4.78 is 56.8. The van der Waals surface area contributed by atoms with Gasteiger partial charge in [-0.25, -0.2) is 19.3 Å². The highest BCUT2D eigenvalue weighted by atomic mass is 32.1. The Bertz CT molecular complexity index is 1670. The number of benzene rings is 1. The maximum absolute atomic E-state index is 14.5. The van der Waals surface area contributed by atoms with Crippen molar-refractivity contribution in [1.82, 2.24) is 29.1 Å². The molecule has 0 spiro atoms. The standard InChI is InChI=1S/C25H20F4N6OS/c1-13(2)20-15(5-4-6-16(20)26)21-31-10-18-23(33-21)35(24(36)37-18)11-14-7-8-17(30-9-14)22-32-19(12-34(22)3)25(27,28)29/h4-10,12-13H,11H2,1-3H3. The summed E-state index contributed by atoms with van der Waals surface area (Å²) in [5, 5.41) is 0. The lowest BCUT2D eigenvalue weighted by Crippen LogP contribution is -2.14. The van der Waals surface area contributed by atoms with Crippen LogP contribution in [0.25, 0.3) is 33.3 Å². The van der Waals surface area contributed by atoms with Crippen LogP contribution in [0.15, 0.2) is 53.7 Å². The second-order valence-corrected chi connectivity index (χ2v) is 9.79. The van der Waals surface area contributed by atoms with Gasteiger partial charge in [-0.3, -0.25) is 14.3 Å². The van der Waals surface area contributed by atoms with Crippen LogP contribution >= 0.6 is 11.3 Å². The molecule has 4 heterocycles. The molecule has 0 aliphatic heterocycles. The summed E-state index contributed by atoms with van der Waals surface area (Å²) >= 11 is 0.991. The Hall–Kier alpha value is -3.93. The number of fused-ring (bicyclic) bond motifs is 1. The van der Waals surface area contributed by atoms with Crippen molar-refractivity contribution in [3.05, 3.63) is 81.2 Å². The average molecular weight is 529 g/mol. The van der Waals surface area contributed by atoms with Crippen molar-refractivity contribution in [3.8, 4) is 22.9 Å². The van der Waals surface area contributed by atoms with Gasteiger partial charge < -0.3 is 4.57 Å². The van der Waals surface area contributed by atoms with Crippen molar-refractivity contribution in [3.63, 3.8) is 0 Å². The number of hydrogen-bond acceptors (Lipinski definition) is 6. The van der Waals surface area contributed by atoms with E-state index in [1.807, 2.05) is 13.8 Å². The predicted molar refractivity (Wildman–Crippen MR) is 132 cm³/mol. The van der Waals surface area contributed by atoms with Crippen LogP contribution in [-0.4, -0.2) is 29.1 Å². The molecule has 0 saturated heterocycles. The second kappa shape index (κ2) is 9.18. The fourth-order valence-electron chi connectivity index (χ4n) is 4.12. The zero-order chi connectivity index (χ0) is 26.5. The Morgan fingerprint density at radius 1 is 1.05 bits per heavy atom. The number of aryl methyl sites for hydroxylation is 1. The Labute approximate surface area is 212 Å². The summed E-state index contributed by atoms with van der Waals surface area (Å²) in [4.78, 5) is 29.4. The van der Waals surface area contributed by atoms with Crippen LogP contribution in [-0.2, 0) is 19.8 Å². The second-order valence-electron chi connectivity index (χ2n) is 8.80. The van der Waals surface area contributed by atoms with Gasteiger partial charge in [-0.2, -0.15) is 13.2 Å². The lowest BCUT2D eigenvalue weighted by atomic mass is 9.96. The molecular weight excluding hydrogens is 508 g/mol. The van der Waals surface area contributed by atoms with Gasteiger partial charge in [0, 0.05) is 30.6 Å². The number of imidazole rings is 1. The largest absolute Gasteiger partial charge is 0.434 e. The smallest absolute Gasteiger partial charge is 0.332 e. The van der Waals surface area contributed by atoms with Crippen LogP contribution in [0.2, 0.25) is 0 Å². The van der Waals surface area contributed by atoms with Crippen molar-refractivity contribution >= 4 is 21.7 Å². The highest BCUT2D eigenvalue weighted by molar-refractivity contribution is 7.16. The molecule has 0 aliphatic rings. The molecule has 12 heteroatoms. The molecule has 5 aromatic rings. The lowest BCUT2D eigenvalue weighted by Gasteiger charge is -2.13. The molecule has 0 atom stereocenters. The fourth-order valence-corrected chi connectivity index (χ4v) is 4.93. The molecular formula is C25H20F4N6OS. The van der Waals surface area contributed by atoms with Crippen LogP contribution in [0, 0.1) is 5.82 Å². The topological polar surface area (TPSA) is 78.5 Å². The summed E-state index contributed by atoms with van der Waals surface area (Å²) in [6, 6.07) is 7.96. The molecule has 4 aromatic heterocycles. The maximum Gasteiger partial charge on any atom is 0.434 e. The summed E-state index contributed by atoms with van der Waals surface area (Å²) in [6.07, 6.45) is -0.615. The van der Waals surface area contributed by atoms with Gasteiger partial charge in [0.05, 0.1) is 17.4 Å². The monoisotopic (exact) mass is 528 g/mol. The Kier molecular flexibility index (Phi) is 6.14. The van der Waals surface area contributed by atoms with Gasteiger partial charge in [0.2, 0.25) is 0 Å². The van der Waals surface area contributed by atoms with E-state index in [0.717, 1.165) is 17.5 Å². The minimum Gasteiger partial charge on any atom is -0.332 e. The number of thiazole rings is 1. The highest BCUT2D eigenvalue weighted by Gasteiger charge is 2.34.